The van der Waals surface area contributed by atoms with Gasteiger partial charge in [0.05, 0.1) is 8.07 Å². The van der Waals surface area contributed by atoms with Crippen LogP contribution in [0.25, 0.3) is 0 Å². The van der Waals surface area contributed by atoms with Gasteiger partial charge in [-0.25, -0.2) is 0 Å². The zero-order valence-electron chi connectivity index (χ0n) is 9.09. The largest absolute Gasteiger partial charge is 0.316 e. The van der Waals surface area contributed by atoms with E-state index in [1.54, 1.807) is 5.19 Å². The van der Waals surface area contributed by atoms with Crippen molar-refractivity contribution < 1.29 is 0 Å². The summed E-state index contributed by atoms with van der Waals surface area (Å²) in [6.07, 6.45) is 4.00. The SMILES string of the molecule is C[Si](C)(CNC1CC1)c1ccccc1. The molecule has 1 aromatic carbocycles. The van der Waals surface area contributed by atoms with Crippen LogP contribution in [0, 0.1) is 0 Å². The maximum absolute atomic E-state index is 3.66. The Kier molecular flexibility index (Phi) is 2.75. The summed E-state index contributed by atoms with van der Waals surface area (Å²) in [5.41, 5.74) is 0. The summed E-state index contributed by atoms with van der Waals surface area (Å²) in [5, 5.41) is 5.22. The van der Waals surface area contributed by atoms with Crippen molar-refractivity contribution in [1.29, 1.82) is 0 Å². The van der Waals surface area contributed by atoms with E-state index in [4.69, 9.17) is 0 Å². The molecule has 14 heavy (non-hydrogen) atoms. The Morgan fingerprint density at radius 1 is 1.21 bits per heavy atom. The Hall–Kier alpha value is -0.603. The molecule has 0 radical (unpaired) electrons. The first-order valence-electron chi connectivity index (χ1n) is 5.47. The maximum Gasteiger partial charge on any atom is 0.0945 e. The minimum Gasteiger partial charge on any atom is -0.316 e. The van der Waals surface area contributed by atoms with Crippen molar-refractivity contribution in [3.8, 4) is 0 Å². The van der Waals surface area contributed by atoms with Crippen LogP contribution in [0.15, 0.2) is 30.3 Å². The summed E-state index contributed by atoms with van der Waals surface area (Å²) in [6, 6.07) is 11.8. The summed E-state index contributed by atoms with van der Waals surface area (Å²) in [4.78, 5) is 0. The first kappa shape index (κ1) is 9.93. The van der Waals surface area contributed by atoms with Crippen LogP contribution in [0.1, 0.15) is 12.8 Å². The van der Waals surface area contributed by atoms with Gasteiger partial charge in [0.15, 0.2) is 0 Å². The summed E-state index contributed by atoms with van der Waals surface area (Å²) in [5.74, 6) is 0. The lowest BCUT2D eigenvalue weighted by atomic mass is 10.4. The molecule has 76 valence electrons. The second kappa shape index (κ2) is 3.87. The molecule has 1 nitrogen and oxygen atoms in total. The van der Waals surface area contributed by atoms with Crippen molar-refractivity contribution in [2.75, 3.05) is 6.17 Å². The molecule has 0 heterocycles. The highest BCUT2D eigenvalue weighted by molar-refractivity contribution is 6.90. The Balaban J connectivity index is 1.99. The van der Waals surface area contributed by atoms with Crippen LogP contribution in [0.4, 0.5) is 0 Å². The van der Waals surface area contributed by atoms with E-state index >= 15 is 0 Å². The van der Waals surface area contributed by atoms with Crippen molar-refractivity contribution in [2.45, 2.75) is 32.0 Å². The minimum absolute atomic E-state index is 0.838. The van der Waals surface area contributed by atoms with E-state index in [9.17, 15) is 0 Å². The van der Waals surface area contributed by atoms with Crippen molar-refractivity contribution in [3.63, 3.8) is 0 Å². The number of hydrogen-bond donors (Lipinski definition) is 1. The van der Waals surface area contributed by atoms with Crippen LogP contribution in [0.2, 0.25) is 13.1 Å². The van der Waals surface area contributed by atoms with Gasteiger partial charge in [-0.15, -0.1) is 0 Å². The van der Waals surface area contributed by atoms with Gasteiger partial charge in [0.25, 0.3) is 0 Å². The summed E-state index contributed by atoms with van der Waals surface area (Å²) >= 11 is 0. The van der Waals surface area contributed by atoms with Crippen molar-refractivity contribution in [3.05, 3.63) is 30.3 Å². The number of rotatable bonds is 4. The molecule has 0 bridgehead atoms. The van der Waals surface area contributed by atoms with E-state index in [0.29, 0.717) is 0 Å². The van der Waals surface area contributed by atoms with Gasteiger partial charge in [-0.3, -0.25) is 0 Å². The summed E-state index contributed by atoms with van der Waals surface area (Å²) in [6.45, 7) is 4.88. The molecule has 1 saturated carbocycles. The van der Waals surface area contributed by atoms with Crippen LogP contribution in [0.3, 0.4) is 0 Å². The molecular formula is C12H19NSi. The smallest absolute Gasteiger partial charge is 0.0945 e. The fourth-order valence-electron chi connectivity index (χ4n) is 1.68. The average Bonchev–Trinajstić information content (AvgIpc) is 3.00. The van der Waals surface area contributed by atoms with E-state index in [1.807, 2.05) is 0 Å². The molecule has 0 saturated heterocycles. The fraction of sp³-hybridized carbons (Fsp3) is 0.500. The lowest BCUT2D eigenvalue weighted by Gasteiger charge is -2.23. The minimum atomic E-state index is -1.21. The zero-order valence-corrected chi connectivity index (χ0v) is 10.1. The highest BCUT2D eigenvalue weighted by Gasteiger charge is 2.27. The zero-order chi connectivity index (χ0) is 10.0. The van der Waals surface area contributed by atoms with Crippen molar-refractivity contribution >= 4 is 13.3 Å². The lowest BCUT2D eigenvalue weighted by Crippen LogP contribution is -2.50. The van der Waals surface area contributed by atoms with Crippen LogP contribution in [0.5, 0.6) is 0 Å². The molecule has 0 unspecified atom stereocenters. The van der Waals surface area contributed by atoms with E-state index < -0.39 is 8.07 Å². The van der Waals surface area contributed by atoms with Crippen molar-refractivity contribution in [2.24, 2.45) is 0 Å². The summed E-state index contributed by atoms with van der Waals surface area (Å²) in [7, 11) is -1.21. The average molecular weight is 205 g/mol. The molecule has 2 heteroatoms. The number of benzene rings is 1. The third kappa shape index (κ3) is 2.46. The van der Waals surface area contributed by atoms with E-state index in [2.05, 4.69) is 48.7 Å². The van der Waals surface area contributed by atoms with Gasteiger partial charge in [-0.05, 0) is 19.0 Å². The van der Waals surface area contributed by atoms with Gasteiger partial charge in [-0.1, -0.05) is 48.6 Å². The van der Waals surface area contributed by atoms with Crippen LogP contribution < -0.4 is 10.5 Å². The molecule has 0 aliphatic heterocycles. The molecule has 0 aromatic heterocycles. The number of nitrogens with one attached hydrogen (secondary N) is 1. The van der Waals surface area contributed by atoms with Gasteiger partial charge < -0.3 is 5.32 Å². The lowest BCUT2D eigenvalue weighted by molar-refractivity contribution is 0.772. The van der Waals surface area contributed by atoms with Crippen LogP contribution in [-0.4, -0.2) is 20.3 Å². The highest BCUT2D eigenvalue weighted by Crippen LogP contribution is 2.19. The maximum atomic E-state index is 3.66. The third-order valence-electron chi connectivity index (χ3n) is 2.97. The van der Waals surface area contributed by atoms with Crippen LogP contribution >= 0.6 is 0 Å². The first-order valence-corrected chi connectivity index (χ1v) is 8.68. The standard InChI is InChI=1S/C12H19NSi/c1-14(2,10-13-11-8-9-11)12-6-4-3-5-7-12/h3-7,11,13H,8-10H2,1-2H3. The van der Waals surface area contributed by atoms with Gasteiger partial charge in [0.1, 0.15) is 0 Å². The molecule has 1 aliphatic rings. The first-order chi connectivity index (χ1) is 6.68. The van der Waals surface area contributed by atoms with Gasteiger partial charge in [0.2, 0.25) is 0 Å². The summed E-state index contributed by atoms with van der Waals surface area (Å²) < 4.78 is 0. The van der Waals surface area contributed by atoms with Gasteiger partial charge >= 0.3 is 0 Å². The molecule has 2 rings (SSSR count). The quantitative estimate of drug-likeness (QED) is 0.740. The molecule has 1 N–H and O–H groups in total. The molecule has 1 fully saturated rings. The predicted octanol–water partition coefficient (Wildman–Crippen LogP) is 1.89. The third-order valence-corrected chi connectivity index (χ3v) is 5.95. The van der Waals surface area contributed by atoms with E-state index in [-0.39, 0.29) is 0 Å². The molecular weight excluding hydrogens is 186 g/mol. The highest BCUT2D eigenvalue weighted by atomic mass is 28.3. The van der Waals surface area contributed by atoms with Gasteiger partial charge in [0, 0.05) is 6.04 Å². The fourth-order valence-corrected chi connectivity index (χ4v) is 3.78. The molecule has 0 atom stereocenters. The van der Waals surface area contributed by atoms with Gasteiger partial charge in [-0.2, -0.15) is 0 Å². The molecule has 0 amide bonds. The Morgan fingerprint density at radius 2 is 1.86 bits per heavy atom. The Bertz CT molecular complexity index is 290. The Morgan fingerprint density at radius 3 is 2.43 bits per heavy atom. The van der Waals surface area contributed by atoms with E-state index in [1.165, 1.54) is 19.0 Å². The molecule has 1 aliphatic carbocycles. The monoisotopic (exact) mass is 205 g/mol. The van der Waals surface area contributed by atoms with Crippen LogP contribution in [-0.2, 0) is 0 Å². The van der Waals surface area contributed by atoms with E-state index in [0.717, 1.165) is 6.04 Å². The second-order valence-electron chi connectivity index (χ2n) is 4.91. The number of hydrogen-bond acceptors (Lipinski definition) is 1. The Labute approximate surface area is 87.5 Å². The topological polar surface area (TPSA) is 12.0 Å². The normalized spacial score (nSPS) is 17.0. The molecule has 0 spiro atoms. The second-order valence-corrected chi connectivity index (χ2v) is 9.60. The molecule has 1 aromatic rings. The predicted molar refractivity (Wildman–Crippen MR) is 64.6 cm³/mol. The van der Waals surface area contributed by atoms with Crippen molar-refractivity contribution in [1.82, 2.24) is 5.32 Å².